The Balaban J connectivity index is 1.91. The molecule has 2 atom stereocenters. The van der Waals surface area contributed by atoms with E-state index in [1.54, 1.807) is 0 Å². The first-order chi connectivity index (χ1) is 10.3. The van der Waals surface area contributed by atoms with E-state index < -0.39 is 0 Å². The number of fused-ring (bicyclic) bond motifs is 1. The molecule has 1 aromatic carbocycles. The van der Waals surface area contributed by atoms with Crippen LogP contribution in [0.5, 0.6) is 0 Å². The van der Waals surface area contributed by atoms with Crippen LogP contribution in [0.2, 0.25) is 0 Å². The second kappa shape index (κ2) is 6.29. The van der Waals surface area contributed by atoms with Crippen LogP contribution in [0, 0.1) is 5.92 Å². The largest absolute Gasteiger partial charge is 0.367 e. The molecule has 0 spiro atoms. The highest BCUT2D eigenvalue weighted by Crippen LogP contribution is 2.28. The fourth-order valence-corrected chi connectivity index (χ4v) is 3.18. The van der Waals surface area contributed by atoms with Gasteiger partial charge in [-0.3, -0.25) is 0 Å². The Bertz CT molecular complexity index is 611. The Hall–Kier alpha value is -1.84. The van der Waals surface area contributed by atoms with Crippen LogP contribution in [0.25, 0.3) is 10.9 Å². The highest BCUT2D eigenvalue weighted by atomic mass is 15.1. The molecule has 1 aliphatic rings. The minimum Gasteiger partial charge on any atom is -0.367 e. The minimum absolute atomic E-state index is 0.529. The van der Waals surface area contributed by atoms with Gasteiger partial charge in [0.25, 0.3) is 0 Å². The van der Waals surface area contributed by atoms with Crippen LogP contribution in [0.1, 0.15) is 39.5 Å². The maximum atomic E-state index is 4.68. The molecule has 21 heavy (non-hydrogen) atoms. The summed E-state index contributed by atoms with van der Waals surface area (Å²) in [7, 11) is 0. The lowest BCUT2D eigenvalue weighted by molar-refractivity contribution is 0.358. The average Bonchev–Trinajstić information content (AvgIpc) is 2.48. The molecule has 2 aromatic rings. The van der Waals surface area contributed by atoms with Gasteiger partial charge in [-0.25, -0.2) is 4.98 Å². The zero-order valence-corrected chi connectivity index (χ0v) is 12.9. The van der Waals surface area contributed by atoms with E-state index in [2.05, 4.69) is 40.5 Å². The molecule has 0 amide bonds. The van der Waals surface area contributed by atoms with Crippen molar-refractivity contribution in [1.29, 1.82) is 0 Å². The quantitative estimate of drug-likeness (QED) is 0.889. The van der Waals surface area contributed by atoms with Gasteiger partial charge in [0.05, 0.1) is 5.52 Å². The molecule has 0 bridgehead atoms. The third-order valence-corrected chi connectivity index (χ3v) is 4.22. The molecule has 3 rings (SSSR count). The second-order valence-corrected chi connectivity index (χ2v) is 6.06. The van der Waals surface area contributed by atoms with Crippen molar-refractivity contribution in [3.8, 4) is 0 Å². The van der Waals surface area contributed by atoms with Crippen molar-refractivity contribution < 1.29 is 0 Å². The van der Waals surface area contributed by atoms with Crippen molar-refractivity contribution in [2.75, 3.05) is 17.2 Å². The Morgan fingerprint density at radius 1 is 1.19 bits per heavy atom. The zero-order valence-electron chi connectivity index (χ0n) is 12.9. The Kier molecular flexibility index (Phi) is 4.23. The summed E-state index contributed by atoms with van der Waals surface area (Å²) in [6.07, 6.45) is 5.13. The molecule has 2 unspecified atom stereocenters. The van der Waals surface area contributed by atoms with Gasteiger partial charge in [0, 0.05) is 18.0 Å². The third-order valence-electron chi connectivity index (χ3n) is 4.22. The third kappa shape index (κ3) is 3.26. The first-order valence-corrected chi connectivity index (χ1v) is 8.03. The number of aromatic nitrogens is 2. The van der Waals surface area contributed by atoms with Gasteiger partial charge < -0.3 is 10.6 Å². The van der Waals surface area contributed by atoms with Crippen LogP contribution >= 0.6 is 0 Å². The first kappa shape index (κ1) is 14.1. The summed E-state index contributed by atoms with van der Waals surface area (Å²) >= 11 is 0. The standard InChI is InChI=1S/C17H24N4/c1-3-18-17-20-15-10-5-4-9-14(15)16(21-17)19-13-8-6-7-12(2)11-13/h4-5,9-10,12-13H,3,6-8,11H2,1-2H3,(H2,18,19,20,21). The maximum Gasteiger partial charge on any atom is 0.225 e. The van der Waals surface area contributed by atoms with Gasteiger partial charge in [0.2, 0.25) is 5.95 Å². The Morgan fingerprint density at radius 2 is 2.05 bits per heavy atom. The van der Waals surface area contributed by atoms with E-state index in [0.29, 0.717) is 12.0 Å². The summed E-state index contributed by atoms with van der Waals surface area (Å²) in [5.74, 6) is 2.48. The molecule has 1 aromatic heterocycles. The summed E-state index contributed by atoms with van der Waals surface area (Å²) in [4.78, 5) is 9.25. The van der Waals surface area contributed by atoms with Gasteiger partial charge in [-0.1, -0.05) is 31.9 Å². The number of benzene rings is 1. The Morgan fingerprint density at radius 3 is 2.86 bits per heavy atom. The lowest BCUT2D eigenvalue weighted by Gasteiger charge is -2.28. The van der Waals surface area contributed by atoms with Gasteiger partial charge in [-0.05, 0) is 37.8 Å². The first-order valence-electron chi connectivity index (χ1n) is 8.03. The van der Waals surface area contributed by atoms with Crippen molar-refractivity contribution in [3.63, 3.8) is 0 Å². The van der Waals surface area contributed by atoms with E-state index in [4.69, 9.17) is 0 Å². The van der Waals surface area contributed by atoms with Gasteiger partial charge >= 0.3 is 0 Å². The molecule has 0 aliphatic heterocycles. The highest BCUT2D eigenvalue weighted by Gasteiger charge is 2.20. The number of hydrogen-bond acceptors (Lipinski definition) is 4. The van der Waals surface area contributed by atoms with Crippen molar-refractivity contribution in [1.82, 2.24) is 9.97 Å². The summed E-state index contributed by atoms with van der Waals surface area (Å²) in [5, 5.41) is 7.99. The summed E-state index contributed by atoms with van der Waals surface area (Å²) in [6.45, 7) is 5.24. The summed E-state index contributed by atoms with van der Waals surface area (Å²) < 4.78 is 0. The molecule has 1 heterocycles. The van der Waals surface area contributed by atoms with Gasteiger partial charge in [-0.15, -0.1) is 0 Å². The van der Waals surface area contributed by atoms with Gasteiger partial charge in [0.1, 0.15) is 5.82 Å². The van der Waals surface area contributed by atoms with Gasteiger partial charge in [-0.2, -0.15) is 4.98 Å². The lowest BCUT2D eigenvalue weighted by Crippen LogP contribution is -2.27. The van der Waals surface area contributed by atoms with Crippen molar-refractivity contribution in [3.05, 3.63) is 24.3 Å². The van der Waals surface area contributed by atoms with Crippen molar-refractivity contribution in [2.45, 2.75) is 45.6 Å². The molecule has 1 aliphatic carbocycles. The van der Waals surface area contributed by atoms with E-state index in [1.165, 1.54) is 25.7 Å². The monoisotopic (exact) mass is 284 g/mol. The summed E-state index contributed by atoms with van der Waals surface area (Å²) in [5.41, 5.74) is 0.995. The highest BCUT2D eigenvalue weighted by molar-refractivity contribution is 5.90. The van der Waals surface area contributed by atoms with Crippen LogP contribution < -0.4 is 10.6 Å². The van der Waals surface area contributed by atoms with Crippen LogP contribution in [-0.2, 0) is 0 Å². The smallest absolute Gasteiger partial charge is 0.225 e. The molecular formula is C17H24N4. The fraction of sp³-hybridized carbons (Fsp3) is 0.529. The number of anilines is 2. The zero-order chi connectivity index (χ0) is 14.7. The van der Waals surface area contributed by atoms with E-state index >= 15 is 0 Å². The van der Waals surface area contributed by atoms with Crippen LogP contribution in [0.3, 0.4) is 0 Å². The molecule has 0 saturated heterocycles. The number of hydrogen-bond donors (Lipinski definition) is 2. The normalized spacial score (nSPS) is 22.2. The second-order valence-electron chi connectivity index (χ2n) is 6.06. The molecule has 112 valence electrons. The fourth-order valence-electron chi connectivity index (χ4n) is 3.18. The molecular weight excluding hydrogens is 260 g/mol. The van der Waals surface area contributed by atoms with Crippen LogP contribution in [0.4, 0.5) is 11.8 Å². The SMILES string of the molecule is CCNc1nc(NC2CCCC(C)C2)c2ccccc2n1. The molecule has 0 radical (unpaired) electrons. The molecule has 4 nitrogen and oxygen atoms in total. The predicted octanol–water partition coefficient (Wildman–Crippen LogP) is 4.05. The van der Waals surface area contributed by atoms with E-state index in [9.17, 15) is 0 Å². The van der Waals surface area contributed by atoms with Crippen molar-refractivity contribution in [2.24, 2.45) is 5.92 Å². The lowest BCUT2D eigenvalue weighted by atomic mass is 9.87. The van der Waals surface area contributed by atoms with Crippen LogP contribution in [-0.4, -0.2) is 22.6 Å². The van der Waals surface area contributed by atoms with Gasteiger partial charge in [0.15, 0.2) is 0 Å². The average molecular weight is 284 g/mol. The molecule has 1 saturated carbocycles. The molecule has 1 fully saturated rings. The topological polar surface area (TPSA) is 49.8 Å². The number of para-hydroxylation sites is 1. The number of nitrogens with zero attached hydrogens (tertiary/aromatic N) is 2. The van der Waals surface area contributed by atoms with Crippen molar-refractivity contribution >= 4 is 22.7 Å². The summed E-state index contributed by atoms with van der Waals surface area (Å²) in [6, 6.07) is 8.75. The number of rotatable bonds is 4. The van der Waals surface area contributed by atoms with E-state index in [0.717, 1.165) is 29.2 Å². The minimum atomic E-state index is 0.529. The predicted molar refractivity (Wildman–Crippen MR) is 88.7 cm³/mol. The molecule has 4 heteroatoms. The molecule has 2 N–H and O–H groups in total. The van der Waals surface area contributed by atoms with E-state index in [1.807, 2.05) is 18.2 Å². The van der Waals surface area contributed by atoms with E-state index in [-0.39, 0.29) is 0 Å². The number of nitrogens with one attached hydrogen (secondary N) is 2. The van der Waals surface area contributed by atoms with Crippen LogP contribution in [0.15, 0.2) is 24.3 Å². The maximum absolute atomic E-state index is 4.68. The Labute approximate surface area is 126 Å².